The van der Waals surface area contributed by atoms with E-state index >= 15 is 0 Å². The molecule has 0 radical (unpaired) electrons. The maximum Gasteiger partial charge on any atom is 0.315 e. The predicted molar refractivity (Wildman–Crippen MR) is 88.6 cm³/mol. The molecule has 0 spiro atoms. The van der Waals surface area contributed by atoms with Crippen molar-refractivity contribution in [3.05, 3.63) is 66.0 Å². The van der Waals surface area contributed by atoms with Crippen LogP contribution in [0.15, 0.2) is 54.7 Å². The number of nitrogens with zero attached hydrogens (tertiary/aromatic N) is 1. The number of pyridine rings is 1. The topological polar surface area (TPSA) is 54.0 Å². The minimum absolute atomic E-state index is 0.0921. The van der Waals surface area contributed by atoms with E-state index in [9.17, 15) is 4.79 Å². The lowest BCUT2D eigenvalue weighted by molar-refractivity contribution is 0.237. The number of hydrogen-bond donors (Lipinski definition) is 2. The molecule has 2 aromatic rings. The maximum absolute atomic E-state index is 11.8. The highest BCUT2D eigenvalue weighted by Crippen LogP contribution is 2.07. The molecule has 0 aliphatic rings. The Morgan fingerprint density at radius 1 is 1.09 bits per heavy atom. The van der Waals surface area contributed by atoms with Gasteiger partial charge in [0, 0.05) is 12.7 Å². The number of unbranched alkanes of at least 4 members (excludes halogenated alkanes) is 1. The number of amides is 2. The second-order valence-electron chi connectivity index (χ2n) is 5.32. The summed E-state index contributed by atoms with van der Waals surface area (Å²) in [7, 11) is 0. The molecule has 2 amide bonds. The number of urea groups is 1. The van der Waals surface area contributed by atoms with Crippen molar-refractivity contribution in [2.75, 3.05) is 6.54 Å². The average Bonchev–Trinajstić information content (AvgIpc) is 2.56. The van der Waals surface area contributed by atoms with Crippen molar-refractivity contribution in [2.45, 2.75) is 32.2 Å². The minimum atomic E-state index is -0.141. The van der Waals surface area contributed by atoms with E-state index in [2.05, 4.69) is 39.9 Å². The fourth-order valence-corrected chi connectivity index (χ4v) is 2.25. The molecular weight excluding hydrogens is 274 g/mol. The molecule has 4 nitrogen and oxygen atoms in total. The number of rotatable bonds is 7. The fourth-order valence-electron chi connectivity index (χ4n) is 2.25. The third kappa shape index (κ3) is 5.56. The van der Waals surface area contributed by atoms with Crippen molar-refractivity contribution in [3.8, 4) is 0 Å². The zero-order valence-corrected chi connectivity index (χ0v) is 13.0. The number of carbonyl (C=O) groups excluding carboxylic acids is 1. The molecule has 2 N–H and O–H groups in total. The summed E-state index contributed by atoms with van der Waals surface area (Å²) < 4.78 is 0. The summed E-state index contributed by atoms with van der Waals surface area (Å²) >= 11 is 0. The Kier molecular flexibility index (Phi) is 6.42. The Balaban J connectivity index is 1.60. The molecule has 0 fully saturated rings. The zero-order valence-electron chi connectivity index (χ0n) is 13.0. The first-order valence-electron chi connectivity index (χ1n) is 7.75. The molecule has 1 aromatic carbocycles. The van der Waals surface area contributed by atoms with E-state index in [0.717, 1.165) is 25.0 Å². The van der Waals surface area contributed by atoms with Crippen molar-refractivity contribution in [1.82, 2.24) is 15.6 Å². The molecule has 22 heavy (non-hydrogen) atoms. The van der Waals surface area contributed by atoms with E-state index in [4.69, 9.17) is 0 Å². The molecule has 0 saturated heterocycles. The molecule has 0 aliphatic heterocycles. The molecule has 0 saturated carbocycles. The molecular formula is C18H23N3O. The van der Waals surface area contributed by atoms with Crippen LogP contribution in [0.1, 0.15) is 37.1 Å². The summed E-state index contributed by atoms with van der Waals surface area (Å²) in [5.41, 5.74) is 2.21. The van der Waals surface area contributed by atoms with Crippen LogP contribution < -0.4 is 10.6 Å². The Hall–Kier alpha value is -2.36. The van der Waals surface area contributed by atoms with Gasteiger partial charge >= 0.3 is 6.03 Å². The maximum atomic E-state index is 11.8. The van der Waals surface area contributed by atoms with Gasteiger partial charge in [0.05, 0.1) is 11.7 Å². The van der Waals surface area contributed by atoms with Crippen LogP contribution in [-0.2, 0) is 6.42 Å². The molecule has 0 aliphatic carbocycles. The molecule has 4 heteroatoms. The van der Waals surface area contributed by atoms with Gasteiger partial charge in [-0.3, -0.25) is 4.98 Å². The van der Waals surface area contributed by atoms with Gasteiger partial charge in [0.15, 0.2) is 0 Å². The van der Waals surface area contributed by atoms with E-state index < -0.39 is 0 Å². The van der Waals surface area contributed by atoms with Gasteiger partial charge in [0.2, 0.25) is 0 Å². The third-order valence-electron chi connectivity index (χ3n) is 3.50. The molecule has 116 valence electrons. The van der Waals surface area contributed by atoms with Crippen LogP contribution in [0.2, 0.25) is 0 Å². The highest BCUT2D eigenvalue weighted by molar-refractivity contribution is 5.74. The van der Waals surface area contributed by atoms with Gasteiger partial charge in [0.1, 0.15) is 0 Å². The number of nitrogens with one attached hydrogen (secondary N) is 2. The van der Waals surface area contributed by atoms with Crippen LogP contribution in [0.5, 0.6) is 0 Å². The van der Waals surface area contributed by atoms with Crippen LogP contribution in [0, 0.1) is 0 Å². The monoisotopic (exact) mass is 297 g/mol. The SMILES string of the molecule is C[C@@H](NC(=O)NCCCCc1ccccc1)c1ccccn1. The standard InChI is InChI=1S/C18H23N3O/c1-15(17-12-6-8-13-19-17)21-18(22)20-14-7-5-11-16-9-3-2-4-10-16/h2-4,6,8-10,12-13,15H,5,7,11,14H2,1H3,(H2,20,21,22)/t15-/m1/s1. The summed E-state index contributed by atoms with van der Waals surface area (Å²) in [5, 5.41) is 5.78. The Bertz CT molecular complexity index is 557. The quantitative estimate of drug-likeness (QED) is 0.769. The average molecular weight is 297 g/mol. The van der Waals surface area contributed by atoms with Gasteiger partial charge in [-0.25, -0.2) is 4.79 Å². The van der Waals surface area contributed by atoms with E-state index in [0.29, 0.717) is 6.54 Å². The van der Waals surface area contributed by atoms with Crippen molar-refractivity contribution in [1.29, 1.82) is 0 Å². The smallest absolute Gasteiger partial charge is 0.315 e. The van der Waals surface area contributed by atoms with Gasteiger partial charge in [-0.15, -0.1) is 0 Å². The highest BCUT2D eigenvalue weighted by Gasteiger charge is 2.09. The third-order valence-corrected chi connectivity index (χ3v) is 3.50. The van der Waals surface area contributed by atoms with Crippen molar-refractivity contribution < 1.29 is 4.79 Å². The van der Waals surface area contributed by atoms with Gasteiger partial charge < -0.3 is 10.6 Å². The minimum Gasteiger partial charge on any atom is -0.338 e. The molecule has 0 bridgehead atoms. The lowest BCUT2D eigenvalue weighted by atomic mass is 10.1. The molecule has 1 heterocycles. The first-order valence-corrected chi connectivity index (χ1v) is 7.75. The normalized spacial score (nSPS) is 11.7. The van der Waals surface area contributed by atoms with Crippen LogP contribution >= 0.6 is 0 Å². The molecule has 2 rings (SSSR count). The van der Waals surface area contributed by atoms with Gasteiger partial charge in [-0.2, -0.15) is 0 Å². The fraction of sp³-hybridized carbons (Fsp3) is 0.333. The lowest BCUT2D eigenvalue weighted by Gasteiger charge is -2.14. The second kappa shape index (κ2) is 8.82. The van der Waals surface area contributed by atoms with E-state index in [1.165, 1.54) is 5.56 Å². The molecule has 0 unspecified atom stereocenters. The summed E-state index contributed by atoms with van der Waals surface area (Å²) in [4.78, 5) is 16.0. The Morgan fingerprint density at radius 3 is 2.59 bits per heavy atom. The molecule has 1 aromatic heterocycles. The first kappa shape index (κ1) is 16.0. The zero-order chi connectivity index (χ0) is 15.6. The number of aryl methyl sites for hydroxylation is 1. The summed E-state index contributed by atoms with van der Waals surface area (Å²) in [6.45, 7) is 2.62. The van der Waals surface area contributed by atoms with Crippen LogP contribution in [0.25, 0.3) is 0 Å². The van der Waals surface area contributed by atoms with Crippen molar-refractivity contribution in [3.63, 3.8) is 0 Å². The summed E-state index contributed by atoms with van der Waals surface area (Å²) in [6.07, 6.45) is 4.82. The van der Waals surface area contributed by atoms with E-state index in [-0.39, 0.29) is 12.1 Å². The highest BCUT2D eigenvalue weighted by atomic mass is 16.2. The largest absolute Gasteiger partial charge is 0.338 e. The summed E-state index contributed by atoms with van der Waals surface area (Å²) in [5.74, 6) is 0. The van der Waals surface area contributed by atoms with E-state index in [1.54, 1.807) is 6.20 Å². The lowest BCUT2D eigenvalue weighted by Crippen LogP contribution is -2.37. The van der Waals surface area contributed by atoms with Crippen LogP contribution in [0.4, 0.5) is 4.79 Å². The van der Waals surface area contributed by atoms with Crippen LogP contribution in [0.3, 0.4) is 0 Å². The first-order chi connectivity index (χ1) is 10.8. The molecule has 1 atom stereocenters. The summed E-state index contributed by atoms with van der Waals surface area (Å²) in [6, 6.07) is 15.9. The van der Waals surface area contributed by atoms with Gasteiger partial charge in [-0.1, -0.05) is 36.4 Å². The van der Waals surface area contributed by atoms with E-state index in [1.807, 2.05) is 31.2 Å². The van der Waals surface area contributed by atoms with Gasteiger partial charge in [0.25, 0.3) is 0 Å². The number of benzene rings is 1. The number of carbonyl (C=O) groups is 1. The Labute approximate surface area is 132 Å². The van der Waals surface area contributed by atoms with Crippen molar-refractivity contribution in [2.24, 2.45) is 0 Å². The number of aromatic nitrogens is 1. The predicted octanol–water partition coefficient (Wildman–Crippen LogP) is 3.46. The number of hydrogen-bond acceptors (Lipinski definition) is 2. The van der Waals surface area contributed by atoms with Gasteiger partial charge in [-0.05, 0) is 43.9 Å². The van der Waals surface area contributed by atoms with Crippen molar-refractivity contribution >= 4 is 6.03 Å². The second-order valence-corrected chi connectivity index (χ2v) is 5.32. The van der Waals surface area contributed by atoms with Crippen LogP contribution in [-0.4, -0.2) is 17.6 Å². The Morgan fingerprint density at radius 2 is 1.86 bits per heavy atom.